The van der Waals surface area contributed by atoms with Crippen LogP contribution >= 0.6 is 0 Å². The van der Waals surface area contributed by atoms with Crippen molar-refractivity contribution in [1.82, 2.24) is 0 Å². The van der Waals surface area contributed by atoms with Crippen molar-refractivity contribution in [2.45, 2.75) is 19.1 Å². The van der Waals surface area contributed by atoms with Gasteiger partial charge in [-0.25, -0.2) is 0 Å². The number of hydrogen-bond donors (Lipinski definition) is 0. The number of para-hydroxylation sites is 1. The van der Waals surface area contributed by atoms with Crippen LogP contribution in [0.3, 0.4) is 0 Å². The lowest BCUT2D eigenvalue weighted by atomic mass is 10.3. The second-order valence-corrected chi connectivity index (χ2v) is 9.19. The van der Waals surface area contributed by atoms with Gasteiger partial charge in [0.25, 0.3) is 0 Å². The maximum absolute atomic E-state index is 5.90. The van der Waals surface area contributed by atoms with Gasteiger partial charge in [0.1, 0.15) is 13.7 Å². The van der Waals surface area contributed by atoms with E-state index in [2.05, 4.69) is 31.8 Å². The zero-order valence-corrected chi connectivity index (χ0v) is 10.3. The highest BCUT2D eigenvalue weighted by Gasteiger charge is 2.26. The topological polar surface area (TPSA) is 13.1 Å². The lowest BCUT2D eigenvalue weighted by molar-refractivity contribution is 0.647. The van der Waals surface area contributed by atoms with Crippen LogP contribution in [0.15, 0.2) is 47.4 Å². The summed E-state index contributed by atoms with van der Waals surface area (Å²) in [5.74, 6) is 0. The molecule has 0 spiro atoms. The molecule has 2 rings (SSSR count). The molecular formula is C13H16OSi. The van der Waals surface area contributed by atoms with E-state index >= 15 is 0 Å². The van der Waals surface area contributed by atoms with Crippen LogP contribution in [-0.4, -0.2) is 8.07 Å². The van der Waals surface area contributed by atoms with Gasteiger partial charge in [0, 0.05) is 5.39 Å². The summed E-state index contributed by atoms with van der Waals surface area (Å²) in [5, 5.41) is 2.38. The fraction of sp³-hybridized carbons (Fsp3) is 0.231. The van der Waals surface area contributed by atoms with Crippen molar-refractivity contribution in [3.05, 3.63) is 43.0 Å². The van der Waals surface area contributed by atoms with Crippen LogP contribution in [0.1, 0.15) is 0 Å². The van der Waals surface area contributed by atoms with Gasteiger partial charge in [0.05, 0.1) is 5.38 Å². The van der Waals surface area contributed by atoms with Crippen molar-refractivity contribution in [3.8, 4) is 0 Å². The minimum absolute atomic E-state index is 0.997. The molecule has 1 aromatic heterocycles. The van der Waals surface area contributed by atoms with Crippen LogP contribution < -0.4 is 5.38 Å². The van der Waals surface area contributed by atoms with E-state index in [1.165, 1.54) is 10.8 Å². The Labute approximate surface area is 91.4 Å². The van der Waals surface area contributed by atoms with Crippen molar-refractivity contribution >= 4 is 24.4 Å². The van der Waals surface area contributed by atoms with E-state index in [-0.39, 0.29) is 0 Å². The Hall–Kier alpha value is -1.28. The second kappa shape index (κ2) is 3.70. The van der Waals surface area contributed by atoms with E-state index in [0.29, 0.717) is 0 Å². The zero-order chi connectivity index (χ0) is 10.9. The molecule has 1 heterocycles. The van der Waals surface area contributed by atoms with Crippen LogP contribution in [0.25, 0.3) is 11.0 Å². The summed E-state index contributed by atoms with van der Waals surface area (Å²) in [6.07, 6.45) is 2.00. The minimum atomic E-state index is -1.45. The number of furan rings is 1. The third kappa shape index (κ3) is 1.90. The Morgan fingerprint density at radius 3 is 2.73 bits per heavy atom. The lowest BCUT2D eigenvalue weighted by Gasteiger charge is -2.16. The standard InChI is InChI=1S/C13H16OSi/c1-4-9-15(2,3)13-10-11-7-5-6-8-12(11)14-13/h4-8,10H,1,9H2,2-3H3. The monoisotopic (exact) mass is 216 g/mol. The van der Waals surface area contributed by atoms with Gasteiger partial charge in [-0.2, -0.15) is 0 Å². The predicted octanol–water partition coefficient (Wildman–Crippen LogP) is 3.53. The number of rotatable bonds is 3. The summed E-state index contributed by atoms with van der Waals surface area (Å²) in [6, 6.07) is 11.4. The highest BCUT2D eigenvalue weighted by atomic mass is 28.3. The largest absolute Gasteiger partial charge is 0.466 e. The molecule has 0 bridgehead atoms. The molecule has 0 atom stereocenters. The van der Waals surface area contributed by atoms with Gasteiger partial charge in [-0.1, -0.05) is 37.4 Å². The highest BCUT2D eigenvalue weighted by molar-refractivity contribution is 6.89. The van der Waals surface area contributed by atoms with E-state index in [4.69, 9.17) is 4.42 Å². The lowest BCUT2D eigenvalue weighted by Crippen LogP contribution is -2.39. The molecule has 1 nitrogen and oxygen atoms in total. The molecule has 0 radical (unpaired) electrons. The number of benzene rings is 1. The van der Waals surface area contributed by atoms with Crippen molar-refractivity contribution in [3.63, 3.8) is 0 Å². The first-order valence-corrected chi connectivity index (χ1v) is 8.44. The summed E-state index contributed by atoms with van der Waals surface area (Å²) < 4.78 is 5.90. The molecule has 0 unspecified atom stereocenters. The van der Waals surface area contributed by atoms with Gasteiger partial charge in [0.15, 0.2) is 0 Å². The van der Waals surface area contributed by atoms with E-state index in [1.54, 1.807) is 0 Å². The fourth-order valence-electron chi connectivity index (χ4n) is 1.78. The quantitative estimate of drug-likeness (QED) is 0.565. The highest BCUT2D eigenvalue weighted by Crippen LogP contribution is 2.18. The van der Waals surface area contributed by atoms with Gasteiger partial charge in [-0.3, -0.25) is 0 Å². The number of allylic oxidation sites excluding steroid dienone is 1. The molecule has 0 N–H and O–H groups in total. The van der Waals surface area contributed by atoms with Gasteiger partial charge < -0.3 is 4.42 Å². The summed E-state index contributed by atoms with van der Waals surface area (Å²) in [6.45, 7) is 8.44. The maximum atomic E-state index is 5.90. The maximum Gasteiger partial charge on any atom is 0.133 e. The Morgan fingerprint density at radius 2 is 2.07 bits per heavy atom. The van der Waals surface area contributed by atoms with Gasteiger partial charge >= 0.3 is 0 Å². The summed E-state index contributed by atoms with van der Waals surface area (Å²) >= 11 is 0. The SMILES string of the molecule is C=CC[Si](C)(C)c1cc2ccccc2o1. The molecule has 0 aliphatic carbocycles. The zero-order valence-electron chi connectivity index (χ0n) is 9.29. The average molecular weight is 216 g/mol. The smallest absolute Gasteiger partial charge is 0.133 e. The van der Waals surface area contributed by atoms with E-state index < -0.39 is 8.07 Å². The second-order valence-electron chi connectivity index (χ2n) is 4.53. The Morgan fingerprint density at radius 1 is 1.33 bits per heavy atom. The third-order valence-electron chi connectivity index (χ3n) is 2.75. The van der Waals surface area contributed by atoms with Crippen LogP contribution in [0.5, 0.6) is 0 Å². The van der Waals surface area contributed by atoms with Crippen LogP contribution in [-0.2, 0) is 0 Å². The van der Waals surface area contributed by atoms with Crippen molar-refractivity contribution in [2.75, 3.05) is 0 Å². The number of hydrogen-bond acceptors (Lipinski definition) is 1. The van der Waals surface area contributed by atoms with Gasteiger partial charge in [-0.15, -0.1) is 6.58 Å². The van der Waals surface area contributed by atoms with Crippen LogP contribution in [0.4, 0.5) is 0 Å². The molecule has 78 valence electrons. The minimum Gasteiger partial charge on any atom is -0.466 e. The summed E-state index contributed by atoms with van der Waals surface area (Å²) in [4.78, 5) is 0. The molecule has 15 heavy (non-hydrogen) atoms. The molecule has 0 saturated heterocycles. The average Bonchev–Trinajstić information content (AvgIpc) is 2.61. The van der Waals surface area contributed by atoms with Gasteiger partial charge in [0.2, 0.25) is 0 Å². The van der Waals surface area contributed by atoms with Crippen molar-refractivity contribution < 1.29 is 4.42 Å². The van der Waals surface area contributed by atoms with Crippen LogP contribution in [0.2, 0.25) is 19.1 Å². The molecule has 0 amide bonds. The normalized spacial score (nSPS) is 11.9. The first kappa shape index (κ1) is 10.2. The summed E-state index contributed by atoms with van der Waals surface area (Å²) in [7, 11) is -1.45. The van der Waals surface area contributed by atoms with E-state index in [0.717, 1.165) is 11.6 Å². The Kier molecular flexibility index (Phi) is 2.53. The molecule has 0 saturated carbocycles. The van der Waals surface area contributed by atoms with Crippen molar-refractivity contribution in [2.24, 2.45) is 0 Å². The molecular weight excluding hydrogens is 200 g/mol. The summed E-state index contributed by atoms with van der Waals surface area (Å²) in [5.41, 5.74) is 0.997. The Bertz CT molecular complexity index is 449. The third-order valence-corrected chi connectivity index (χ3v) is 5.64. The molecule has 0 fully saturated rings. The van der Waals surface area contributed by atoms with Gasteiger partial charge in [-0.05, 0) is 18.2 Å². The predicted molar refractivity (Wildman–Crippen MR) is 68.3 cm³/mol. The number of fused-ring (bicyclic) bond motifs is 1. The first-order chi connectivity index (χ1) is 7.13. The molecule has 0 aliphatic rings. The van der Waals surface area contributed by atoms with E-state index in [9.17, 15) is 0 Å². The fourth-order valence-corrected chi connectivity index (χ4v) is 3.63. The van der Waals surface area contributed by atoms with Crippen LogP contribution in [0, 0.1) is 0 Å². The molecule has 2 heteroatoms. The molecule has 1 aromatic carbocycles. The Balaban J connectivity index is 2.48. The molecule has 2 aromatic rings. The van der Waals surface area contributed by atoms with Crippen molar-refractivity contribution in [1.29, 1.82) is 0 Å². The molecule has 0 aliphatic heterocycles. The van der Waals surface area contributed by atoms with E-state index in [1.807, 2.05) is 24.3 Å². The first-order valence-electron chi connectivity index (χ1n) is 5.23.